The number of rotatable bonds is 7. The van der Waals surface area contributed by atoms with Crippen LogP contribution in [-0.2, 0) is 16.1 Å². The molecule has 3 rings (SSSR count). The van der Waals surface area contributed by atoms with Crippen molar-refractivity contribution in [3.05, 3.63) is 65.2 Å². The van der Waals surface area contributed by atoms with Crippen LogP contribution >= 0.6 is 0 Å². The highest BCUT2D eigenvalue weighted by molar-refractivity contribution is 5.94. The van der Waals surface area contributed by atoms with E-state index in [1.54, 1.807) is 24.3 Å². The average molecular weight is 469 g/mol. The van der Waals surface area contributed by atoms with Crippen LogP contribution in [0, 0.1) is 0 Å². The van der Waals surface area contributed by atoms with Crippen molar-refractivity contribution >= 4 is 18.0 Å². The minimum atomic E-state index is -1.05. The molecule has 1 fully saturated rings. The summed E-state index contributed by atoms with van der Waals surface area (Å²) in [6.07, 6.45) is 1.27. The molecule has 0 atom stereocenters. The summed E-state index contributed by atoms with van der Waals surface area (Å²) >= 11 is 0. The van der Waals surface area contributed by atoms with Crippen molar-refractivity contribution in [3.63, 3.8) is 0 Å². The van der Waals surface area contributed by atoms with Gasteiger partial charge in [-0.05, 0) is 74.9 Å². The molecule has 2 aromatic carbocycles. The summed E-state index contributed by atoms with van der Waals surface area (Å²) in [7, 11) is 0. The van der Waals surface area contributed by atoms with Crippen molar-refractivity contribution in [1.82, 2.24) is 10.2 Å². The normalized spacial score (nSPS) is 14.4. The third-order valence-electron chi connectivity index (χ3n) is 5.50. The predicted octanol–water partition coefficient (Wildman–Crippen LogP) is 4.19. The van der Waals surface area contributed by atoms with Crippen LogP contribution in [0.1, 0.15) is 61.0 Å². The predicted molar refractivity (Wildman–Crippen MR) is 127 cm³/mol. The van der Waals surface area contributed by atoms with Gasteiger partial charge in [-0.25, -0.2) is 9.59 Å². The number of hydrogen-bond acceptors (Lipinski definition) is 5. The summed E-state index contributed by atoms with van der Waals surface area (Å²) in [5.74, 6) is -0.331. The number of amides is 2. The van der Waals surface area contributed by atoms with Crippen LogP contribution < -0.4 is 10.1 Å². The molecular formula is C26H32N2O6. The SMILES string of the molecule is CC(C)(C)OC(=O)NCc1cccc(C2CCN(C(=O)c3ccc(OCC(=O)O)cc3)CC2)c1. The zero-order chi connectivity index (χ0) is 24.7. The van der Waals surface area contributed by atoms with Gasteiger partial charge < -0.3 is 24.8 Å². The molecule has 1 saturated heterocycles. The zero-order valence-electron chi connectivity index (χ0n) is 19.9. The maximum absolute atomic E-state index is 12.9. The lowest BCUT2D eigenvalue weighted by Crippen LogP contribution is -2.37. The number of carbonyl (C=O) groups is 3. The van der Waals surface area contributed by atoms with Crippen molar-refractivity contribution in [3.8, 4) is 5.75 Å². The van der Waals surface area contributed by atoms with E-state index in [1.807, 2.05) is 37.8 Å². The summed E-state index contributed by atoms with van der Waals surface area (Å²) in [4.78, 5) is 37.2. The number of ether oxygens (including phenoxy) is 2. The average Bonchev–Trinajstić information content (AvgIpc) is 2.80. The van der Waals surface area contributed by atoms with Crippen molar-refractivity contribution in [2.45, 2.75) is 51.7 Å². The number of likely N-dealkylation sites (tertiary alicyclic amines) is 1. The maximum atomic E-state index is 12.9. The molecular weight excluding hydrogens is 436 g/mol. The molecule has 0 bridgehead atoms. The molecule has 0 unspecified atom stereocenters. The molecule has 0 aromatic heterocycles. The first-order chi connectivity index (χ1) is 16.1. The van der Waals surface area contributed by atoms with Crippen LogP contribution in [0.5, 0.6) is 5.75 Å². The molecule has 2 aromatic rings. The van der Waals surface area contributed by atoms with E-state index >= 15 is 0 Å². The van der Waals surface area contributed by atoms with Gasteiger partial charge in [0, 0.05) is 25.2 Å². The Morgan fingerprint density at radius 1 is 1.06 bits per heavy atom. The first-order valence-electron chi connectivity index (χ1n) is 11.4. The van der Waals surface area contributed by atoms with Crippen LogP contribution in [0.25, 0.3) is 0 Å². The maximum Gasteiger partial charge on any atom is 0.407 e. The molecule has 1 heterocycles. The Balaban J connectivity index is 1.51. The first kappa shape index (κ1) is 25.1. The van der Waals surface area contributed by atoms with Crippen LogP contribution in [0.4, 0.5) is 4.79 Å². The fourth-order valence-corrected chi connectivity index (χ4v) is 3.88. The van der Waals surface area contributed by atoms with Crippen molar-refractivity contribution < 1.29 is 29.0 Å². The van der Waals surface area contributed by atoms with E-state index in [-0.39, 0.29) is 5.91 Å². The van der Waals surface area contributed by atoms with Gasteiger partial charge in [0.15, 0.2) is 6.61 Å². The number of piperidine rings is 1. The molecule has 0 radical (unpaired) electrons. The van der Waals surface area contributed by atoms with Gasteiger partial charge >= 0.3 is 12.1 Å². The molecule has 8 nitrogen and oxygen atoms in total. The van der Waals surface area contributed by atoms with Gasteiger partial charge in [0.25, 0.3) is 5.91 Å². The molecule has 34 heavy (non-hydrogen) atoms. The standard InChI is InChI=1S/C26H32N2O6/c1-26(2,3)34-25(32)27-16-18-5-4-6-21(15-18)19-11-13-28(14-12-19)24(31)20-7-9-22(10-8-20)33-17-23(29)30/h4-10,15,19H,11-14,16-17H2,1-3H3,(H,27,32)(H,29,30). The summed E-state index contributed by atoms with van der Waals surface area (Å²) in [5, 5.41) is 11.5. The van der Waals surface area contributed by atoms with Crippen molar-refractivity contribution in [1.29, 1.82) is 0 Å². The second-order valence-electron chi connectivity index (χ2n) is 9.37. The number of carboxylic acids is 1. The molecule has 0 saturated carbocycles. The van der Waals surface area contributed by atoms with Gasteiger partial charge in [-0.2, -0.15) is 0 Å². The molecule has 1 aliphatic rings. The third-order valence-corrected chi connectivity index (χ3v) is 5.50. The van der Waals surface area contributed by atoms with Gasteiger partial charge in [0.2, 0.25) is 0 Å². The van der Waals surface area contributed by atoms with Crippen LogP contribution in [0.15, 0.2) is 48.5 Å². The minimum Gasteiger partial charge on any atom is -0.482 e. The quantitative estimate of drug-likeness (QED) is 0.631. The lowest BCUT2D eigenvalue weighted by molar-refractivity contribution is -0.139. The van der Waals surface area contributed by atoms with E-state index in [2.05, 4.69) is 17.4 Å². The fraction of sp³-hybridized carbons (Fsp3) is 0.423. The van der Waals surface area contributed by atoms with Crippen molar-refractivity contribution in [2.75, 3.05) is 19.7 Å². The van der Waals surface area contributed by atoms with Crippen LogP contribution in [-0.4, -0.2) is 53.3 Å². The second-order valence-corrected chi connectivity index (χ2v) is 9.37. The van der Waals surface area contributed by atoms with Gasteiger partial charge in [-0.3, -0.25) is 4.79 Å². The summed E-state index contributed by atoms with van der Waals surface area (Å²) in [6, 6.07) is 14.7. The lowest BCUT2D eigenvalue weighted by atomic mass is 9.88. The molecule has 1 aliphatic heterocycles. The molecule has 182 valence electrons. The number of carbonyl (C=O) groups excluding carboxylic acids is 2. The highest BCUT2D eigenvalue weighted by Crippen LogP contribution is 2.29. The third kappa shape index (κ3) is 7.50. The summed E-state index contributed by atoms with van der Waals surface area (Å²) in [6.45, 7) is 6.77. The van der Waals surface area contributed by atoms with Gasteiger partial charge in [0.1, 0.15) is 11.4 Å². The van der Waals surface area contributed by atoms with Crippen molar-refractivity contribution in [2.24, 2.45) is 0 Å². The number of alkyl carbamates (subject to hydrolysis) is 1. The van der Waals surface area contributed by atoms with E-state index in [0.717, 1.165) is 18.4 Å². The first-order valence-corrected chi connectivity index (χ1v) is 11.4. The van der Waals surface area contributed by atoms with Gasteiger partial charge in [-0.1, -0.05) is 24.3 Å². The Morgan fingerprint density at radius 3 is 2.35 bits per heavy atom. The largest absolute Gasteiger partial charge is 0.482 e. The minimum absolute atomic E-state index is 0.0430. The van der Waals surface area contributed by atoms with E-state index in [9.17, 15) is 14.4 Å². The molecule has 2 N–H and O–H groups in total. The van der Waals surface area contributed by atoms with E-state index in [0.29, 0.717) is 36.9 Å². The second kappa shape index (κ2) is 11.0. The van der Waals surface area contributed by atoms with Crippen LogP contribution in [0.3, 0.4) is 0 Å². The topological polar surface area (TPSA) is 105 Å². The van der Waals surface area contributed by atoms with Crippen LogP contribution in [0.2, 0.25) is 0 Å². The Bertz CT molecular complexity index is 1000. The number of aliphatic carboxylic acids is 1. The summed E-state index contributed by atoms with van der Waals surface area (Å²) < 4.78 is 10.4. The van der Waals surface area contributed by atoms with E-state index in [1.165, 1.54) is 5.56 Å². The van der Waals surface area contributed by atoms with Gasteiger partial charge in [-0.15, -0.1) is 0 Å². The zero-order valence-corrected chi connectivity index (χ0v) is 19.9. The molecule has 2 amide bonds. The molecule has 0 aliphatic carbocycles. The Labute approximate surface area is 199 Å². The van der Waals surface area contributed by atoms with E-state index in [4.69, 9.17) is 14.6 Å². The summed E-state index contributed by atoms with van der Waals surface area (Å²) in [5.41, 5.74) is 2.23. The van der Waals surface area contributed by atoms with Gasteiger partial charge in [0.05, 0.1) is 0 Å². The number of hydrogen-bond donors (Lipinski definition) is 2. The molecule has 8 heteroatoms. The monoisotopic (exact) mass is 468 g/mol. The highest BCUT2D eigenvalue weighted by Gasteiger charge is 2.25. The number of benzene rings is 2. The Hall–Kier alpha value is -3.55. The Kier molecular flexibility index (Phi) is 8.15. The molecule has 0 spiro atoms. The smallest absolute Gasteiger partial charge is 0.407 e. The number of carboxylic acid groups (broad SMARTS) is 1. The number of nitrogens with zero attached hydrogens (tertiary/aromatic N) is 1. The number of nitrogens with one attached hydrogen (secondary N) is 1. The Morgan fingerprint density at radius 2 is 1.74 bits per heavy atom. The van der Waals surface area contributed by atoms with E-state index < -0.39 is 24.3 Å². The lowest BCUT2D eigenvalue weighted by Gasteiger charge is -2.32. The fourth-order valence-electron chi connectivity index (χ4n) is 3.88. The highest BCUT2D eigenvalue weighted by atomic mass is 16.6.